The van der Waals surface area contributed by atoms with Crippen LogP contribution in [0.25, 0.3) is 0 Å². The highest BCUT2D eigenvalue weighted by atomic mass is 16.5. The maximum absolute atomic E-state index is 6.06. The van der Waals surface area contributed by atoms with Crippen LogP contribution in [0.3, 0.4) is 0 Å². The van der Waals surface area contributed by atoms with Gasteiger partial charge in [-0.05, 0) is 42.5 Å². The minimum absolute atomic E-state index is 0.270. The Morgan fingerprint density at radius 3 is 2.95 bits per heavy atom. The van der Waals surface area contributed by atoms with Gasteiger partial charge in [-0.1, -0.05) is 30.3 Å². The molecule has 1 aliphatic rings. The minimum atomic E-state index is 0.270. The minimum Gasteiger partial charge on any atom is -0.372 e. The maximum atomic E-state index is 6.06. The molecule has 3 heteroatoms. The fourth-order valence-electron chi connectivity index (χ4n) is 2.88. The predicted octanol–water partition coefficient (Wildman–Crippen LogP) is 3.27. The Kier molecular flexibility index (Phi) is 4.98. The van der Waals surface area contributed by atoms with E-state index in [1.165, 1.54) is 24.0 Å². The summed E-state index contributed by atoms with van der Waals surface area (Å²) in [6.45, 7) is 2.40. The quantitative estimate of drug-likeness (QED) is 0.826. The van der Waals surface area contributed by atoms with Crippen molar-refractivity contribution in [2.75, 3.05) is 13.2 Å². The number of nitrogens with zero attached hydrogens (tertiary/aromatic N) is 1. The van der Waals surface area contributed by atoms with Crippen molar-refractivity contribution >= 4 is 0 Å². The van der Waals surface area contributed by atoms with Crippen molar-refractivity contribution in [3.8, 4) is 0 Å². The van der Waals surface area contributed by atoms with E-state index in [9.17, 15) is 0 Å². The van der Waals surface area contributed by atoms with Crippen molar-refractivity contribution in [2.45, 2.75) is 31.9 Å². The first-order valence-corrected chi connectivity index (χ1v) is 7.73. The average molecular weight is 282 g/mol. The largest absolute Gasteiger partial charge is 0.372 e. The normalized spacial score (nSPS) is 17.4. The van der Waals surface area contributed by atoms with Gasteiger partial charge >= 0.3 is 0 Å². The fourth-order valence-corrected chi connectivity index (χ4v) is 2.88. The molecule has 1 N–H and O–H groups in total. The highest BCUT2D eigenvalue weighted by Crippen LogP contribution is 2.31. The monoisotopic (exact) mass is 282 g/mol. The van der Waals surface area contributed by atoms with Crippen LogP contribution in [0, 0.1) is 0 Å². The predicted molar refractivity (Wildman–Crippen MR) is 84.0 cm³/mol. The first-order chi connectivity index (χ1) is 10.4. The second-order valence-corrected chi connectivity index (χ2v) is 5.45. The van der Waals surface area contributed by atoms with Crippen LogP contribution in [0.5, 0.6) is 0 Å². The Morgan fingerprint density at radius 1 is 1.14 bits per heavy atom. The zero-order chi connectivity index (χ0) is 14.3. The maximum Gasteiger partial charge on any atom is 0.0828 e. The molecule has 1 heterocycles. The number of ether oxygens (including phenoxy) is 1. The fraction of sp³-hybridized carbons (Fsp3) is 0.389. The number of fused-ring (bicyclic) bond motifs is 1. The molecule has 0 fully saturated rings. The van der Waals surface area contributed by atoms with E-state index in [4.69, 9.17) is 4.74 Å². The van der Waals surface area contributed by atoms with Crippen molar-refractivity contribution < 1.29 is 4.74 Å². The lowest BCUT2D eigenvalue weighted by atomic mass is 9.89. The summed E-state index contributed by atoms with van der Waals surface area (Å²) in [5.74, 6) is 0. The summed E-state index contributed by atoms with van der Waals surface area (Å²) < 4.78 is 6.06. The molecular weight excluding hydrogens is 260 g/mol. The zero-order valence-corrected chi connectivity index (χ0v) is 12.3. The van der Waals surface area contributed by atoms with E-state index in [-0.39, 0.29) is 6.10 Å². The molecule has 2 aromatic rings. The van der Waals surface area contributed by atoms with Gasteiger partial charge in [0.25, 0.3) is 0 Å². The van der Waals surface area contributed by atoms with Crippen LogP contribution in [0.4, 0.5) is 0 Å². The SMILES string of the molecule is c1ccc(CNCCOC2CCCc3ccccc32)nc1. The van der Waals surface area contributed by atoms with Crippen molar-refractivity contribution in [3.05, 3.63) is 65.5 Å². The Labute approximate surface area is 126 Å². The Hall–Kier alpha value is -1.71. The van der Waals surface area contributed by atoms with E-state index in [2.05, 4.69) is 34.6 Å². The van der Waals surface area contributed by atoms with Crippen molar-refractivity contribution in [2.24, 2.45) is 0 Å². The van der Waals surface area contributed by atoms with Crippen LogP contribution < -0.4 is 5.32 Å². The molecule has 0 spiro atoms. The van der Waals surface area contributed by atoms with Crippen LogP contribution in [-0.2, 0) is 17.7 Å². The molecule has 1 aromatic heterocycles. The van der Waals surface area contributed by atoms with Crippen molar-refractivity contribution in [3.63, 3.8) is 0 Å². The van der Waals surface area contributed by atoms with Gasteiger partial charge in [0.1, 0.15) is 0 Å². The van der Waals surface area contributed by atoms with Gasteiger partial charge in [0.15, 0.2) is 0 Å². The van der Waals surface area contributed by atoms with Crippen LogP contribution in [-0.4, -0.2) is 18.1 Å². The lowest BCUT2D eigenvalue weighted by Crippen LogP contribution is -2.22. The summed E-state index contributed by atoms with van der Waals surface area (Å²) in [7, 11) is 0. The average Bonchev–Trinajstić information content (AvgIpc) is 2.56. The summed E-state index contributed by atoms with van der Waals surface area (Å²) in [6, 6.07) is 14.7. The molecule has 1 aliphatic carbocycles. The van der Waals surface area contributed by atoms with Gasteiger partial charge in [-0.3, -0.25) is 4.98 Å². The molecule has 1 atom stereocenters. The smallest absolute Gasteiger partial charge is 0.0828 e. The Bertz CT molecular complexity index is 556. The van der Waals surface area contributed by atoms with Gasteiger partial charge < -0.3 is 10.1 Å². The van der Waals surface area contributed by atoms with Gasteiger partial charge in [-0.2, -0.15) is 0 Å². The van der Waals surface area contributed by atoms with E-state index in [0.717, 1.165) is 31.8 Å². The van der Waals surface area contributed by atoms with Crippen LogP contribution in [0.1, 0.15) is 35.8 Å². The summed E-state index contributed by atoms with van der Waals surface area (Å²) >= 11 is 0. The summed E-state index contributed by atoms with van der Waals surface area (Å²) in [4.78, 5) is 4.29. The molecule has 0 aliphatic heterocycles. The number of pyridine rings is 1. The lowest BCUT2D eigenvalue weighted by Gasteiger charge is -2.25. The molecule has 1 unspecified atom stereocenters. The number of hydrogen-bond acceptors (Lipinski definition) is 3. The van der Waals surface area contributed by atoms with Gasteiger partial charge in [-0.15, -0.1) is 0 Å². The third-order valence-electron chi connectivity index (χ3n) is 3.94. The molecular formula is C18H22N2O. The second kappa shape index (κ2) is 7.34. The van der Waals surface area contributed by atoms with Crippen LogP contribution in [0.15, 0.2) is 48.7 Å². The number of rotatable bonds is 6. The first kappa shape index (κ1) is 14.2. The number of aromatic nitrogens is 1. The van der Waals surface area contributed by atoms with Crippen molar-refractivity contribution in [1.29, 1.82) is 0 Å². The number of benzene rings is 1. The van der Waals surface area contributed by atoms with Gasteiger partial charge in [0, 0.05) is 19.3 Å². The Balaban J connectivity index is 1.42. The molecule has 0 saturated heterocycles. The van der Waals surface area contributed by atoms with Gasteiger partial charge in [0.2, 0.25) is 0 Å². The topological polar surface area (TPSA) is 34.1 Å². The van der Waals surface area contributed by atoms with E-state index >= 15 is 0 Å². The third-order valence-corrected chi connectivity index (χ3v) is 3.94. The number of nitrogens with one attached hydrogen (secondary N) is 1. The molecule has 0 bridgehead atoms. The van der Waals surface area contributed by atoms with E-state index in [1.807, 2.05) is 24.4 Å². The molecule has 21 heavy (non-hydrogen) atoms. The summed E-state index contributed by atoms with van der Waals surface area (Å²) in [6.07, 6.45) is 5.65. The summed E-state index contributed by atoms with van der Waals surface area (Å²) in [5.41, 5.74) is 3.91. The number of aryl methyl sites for hydroxylation is 1. The molecule has 110 valence electrons. The molecule has 3 rings (SSSR count). The summed E-state index contributed by atoms with van der Waals surface area (Å²) in [5, 5.41) is 3.38. The Morgan fingerprint density at radius 2 is 2.05 bits per heavy atom. The highest BCUT2D eigenvalue weighted by molar-refractivity contribution is 5.31. The number of hydrogen-bond donors (Lipinski definition) is 1. The molecule has 1 aromatic carbocycles. The van der Waals surface area contributed by atoms with Crippen LogP contribution >= 0.6 is 0 Å². The van der Waals surface area contributed by atoms with Crippen LogP contribution in [0.2, 0.25) is 0 Å². The zero-order valence-electron chi connectivity index (χ0n) is 12.3. The molecule has 0 radical (unpaired) electrons. The van der Waals surface area contributed by atoms with Gasteiger partial charge in [-0.25, -0.2) is 0 Å². The lowest BCUT2D eigenvalue weighted by molar-refractivity contribution is 0.0425. The van der Waals surface area contributed by atoms with Crippen molar-refractivity contribution in [1.82, 2.24) is 10.3 Å². The van der Waals surface area contributed by atoms with E-state index in [1.54, 1.807) is 0 Å². The van der Waals surface area contributed by atoms with E-state index < -0.39 is 0 Å². The first-order valence-electron chi connectivity index (χ1n) is 7.73. The molecule has 0 saturated carbocycles. The van der Waals surface area contributed by atoms with E-state index in [0.29, 0.717) is 0 Å². The molecule has 3 nitrogen and oxygen atoms in total. The third kappa shape index (κ3) is 3.90. The second-order valence-electron chi connectivity index (χ2n) is 5.45. The highest BCUT2D eigenvalue weighted by Gasteiger charge is 2.19. The standard InChI is InChI=1S/C18H22N2O/c1-2-9-17-15(6-1)7-5-10-18(17)21-13-12-19-14-16-8-3-4-11-20-16/h1-4,6,8-9,11,18-19H,5,7,10,12-14H2. The van der Waals surface area contributed by atoms with Gasteiger partial charge in [0.05, 0.1) is 18.4 Å². The molecule has 0 amide bonds.